The zero-order valence-electron chi connectivity index (χ0n) is 8.53. The number of amidine groups is 1. The molecule has 0 amide bonds. The van der Waals surface area contributed by atoms with Crippen molar-refractivity contribution < 1.29 is 0 Å². The van der Waals surface area contributed by atoms with E-state index in [9.17, 15) is 0 Å². The molecule has 0 fully saturated rings. The van der Waals surface area contributed by atoms with Gasteiger partial charge in [0.05, 0.1) is 5.54 Å². The maximum Gasteiger partial charge on any atom is 0.154 e. The molecule has 15 heavy (non-hydrogen) atoms. The van der Waals surface area contributed by atoms with Crippen LogP contribution in [0.4, 0.5) is 0 Å². The van der Waals surface area contributed by atoms with Crippen molar-refractivity contribution in [3.05, 3.63) is 34.3 Å². The molecule has 80 valence electrons. The van der Waals surface area contributed by atoms with Crippen LogP contribution in [0.25, 0.3) is 0 Å². The highest BCUT2D eigenvalue weighted by molar-refractivity contribution is 9.10. The van der Waals surface area contributed by atoms with Gasteiger partial charge in [-0.05, 0) is 31.0 Å². The fourth-order valence-electron chi connectivity index (χ4n) is 1.72. The first-order chi connectivity index (χ1) is 7.10. The molecule has 0 bridgehead atoms. The van der Waals surface area contributed by atoms with Crippen LogP contribution in [0.5, 0.6) is 0 Å². The molecular weight excluding hydrogens is 272 g/mol. The molecule has 0 saturated heterocycles. The van der Waals surface area contributed by atoms with Crippen LogP contribution < -0.4 is 5.73 Å². The molecule has 0 saturated carbocycles. The van der Waals surface area contributed by atoms with Gasteiger partial charge in [0.1, 0.15) is 0 Å². The fourth-order valence-corrected chi connectivity index (χ4v) is 3.09. The van der Waals surface area contributed by atoms with Crippen LogP contribution >= 0.6 is 27.7 Å². The molecule has 0 aliphatic carbocycles. The van der Waals surface area contributed by atoms with Crippen LogP contribution in [-0.4, -0.2) is 10.9 Å². The Bertz CT molecular complexity index is 405. The van der Waals surface area contributed by atoms with Gasteiger partial charge in [-0.15, -0.1) is 0 Å². The maximum absolute atomic E-state index is 5.79. The molecule has 0 aromatic heterocycles. The number of thioether (sulfide) groups is 1. The van der Waals surface area contributed by atoms with Crippen molar-refractivity contribution in [2.75, 3.05) is 5.75 Å². The molecule has 1 heterocycles. The molecule has 2 nitrogen and oxygen atoms in total. The first-order valence-corrected chi connectivity index (χ1v) is 6.62. The standard InChI is InChI=1S/C11H13BrN2S/c1-11(5-6-15-10(13)14-11)8-3-2-4-9(12)7-8/h2-4,7H,5-6H2,1H3,(H2,13,14). The molecule has 1 unspecified atom stereocenters. The number of aliphatic imine (C=N–C) groups is 1. The van der Waals surface area contributed by atoms with Gasteiger partial charge in [-0.25, -0.2) is 0 Å². The minimum atomic E-state index is -0.154. The van der Waals surface area contributed by atoms with Gasteiger partial charge >= 0.3 is 0 Å². The van der Waals surface area contributed by atoms with Crippen molar-refractivity contribution in [3.63, 3.8) is 0 Å². The summed E-state index contributed by atoms with van der Waals surface area (Å²) < 4.78 is 1.09. The van der Waals surface area contributed by atoms with Gasteiger partial charge in [0.15, 0.2) is 5.17 Å². The van der Waals surface area contributed by atoms with Crippen molar-refractivity contribution in [3.8, 4) is 0 Å². The zero-order chi connectivity index (χ0) is 10.9. The van der Waals surface area contributed by atoms with E-state index in [4.69, 9.17) is 5.73 Å². The first-order valence-electron chi connectivity index (χ1n) is 4.84. The van der Waals surface area contributed by atoms with Crippen LogP contribution in [0.2, 0.25) is 0 Å². The van der Waals surface area contributed by atoms with Gasteiger partial charge in [-0.2, -0.15) is 0 Å². The predicted molar refractivity (Wildman–Crippen MR) is 70.2 cm³/mol. The third kappa shape index (κ3) is 2.37. The molecule has 0 spiro atoms. The van der Waals surface area contributed by atoms with Gasteiger partial charge < -0.3 is 5.73 Å². The monoisotopic (exact) mass is 284 g/mol. The minimum Gasteiger partial charge on any atom is -0.379 e. The highest BCUT2D eigenvalue weighted by Gasteiger charge is 2.29. The molecule has 1 aromatic rings. The molecule has 1 aliphatic heterocycles. The second kappa shape index (κ2) is 4.18. The second-order valence-corrected chi connectivity index (χ2v) is 5.86. The average Bonchev–Trinajstić information content (AvgIpc) is 2.17. The van der Waals surface area contributed by atoms with Crippen LogP contribution in [-0.2, 0) is 5.54 Å². The fraction of sp³-hybridized carbons (Fsp3) is 0.364. The summed E-state index contributed by atoms with van der Waals surface area (Å²) >= 11 is 5.12. The molecular formula is C11H13BrN2S. The largest absolute Gasteiger partial charge is 0.379 e. The number of nitrogens with two attached hydrogens (primary N) is 1. The van der Waals surface area contributed by atoms with Gasteiger partial charge in [-0.3, -0.25) is 4.99 Å². The number of rotatable bonds is 1. The van der Waals surface area contributed by atoms with Crippen LogP contribution in [0.1, 0.15) is 18.9 Å². The van der Waals surface area contributed by atoms with E-state index >= 15 is 0 Å². The third-order valence-electron chi connectivity index (χ3n) is 2.64. The number of halogens is 1. The summed E-state index contributed by atoms with van der Waals surface area (Å²) in [5.74, 6) is 1.04. The maximum atomic E-state index is 5.79. The van der Waals surface area contributed by atoms with Crippen LogP contribution in [0.15, 0.2) is 33.7 Å². The first kappa shape index (κ1) is 11.0. The average molecular weight is 285 g/mol. The molecule has 1 aromatic carbocycles. The van der Waals surface area contributed by atoms with E-state index in [0.29, 0.717) is 5.17 Å². The summed E-state index contributed by atoms with van der Waals surface area (Å²) in [4.78, 5) is 4.56. The lowest BCUT2D eigenvalue weighted by molar-refractivity contribution is 0.482. The highest BCUT2D eigenvalue weighted by Crippen LogP contribution is 2.35. The Kier molecular flexibility index (Phi) is 3.07. The van der Waals surface area contributed by atoms with Crippen LogP contribution in [0.3, 0.4) is 0 Å². The quantitative estimate of drug-likeness (QED) is 0.861. The normalized spacial score (nSPS) is 26.1. The summed E-state index contributed by atoms with van der Waals surface area (Å²) in [5.41, 5.74) is 6.86. The van der Waals surface area contributed by atoms with Crippen LogP contribution in [0, 0.1) is 0 Å². The van der Waals surface area contributed by atoms with Crippen molar-refractivity contribution >= 4 is 32.9 Å². The van der Waals surface area contributed by atoms with Crippen molar-refractivity contribution in [2.45, 2.75) is 18.9 Å². The summed E-state index contributed by atoms with van der Waals surface area (Å²) in [6.07, 6.45) is 1.04. The van der Waals surface area contributed by atoms with E-state index in [-0.39, 0.29) is 5.54 Å². The Hall–Kier alpha value is -0.480. The lowest BCUT2D eigenvalue weighted by atomic mass is 9.90. The van der Waals surface area contributed by atoms with E-state index in [1.807, 2.05) is 12.1 Å². The number of benzene rings is 1. The van der Waals surface area contributed by atoms with Crippen molar-refractivity contribution in [1.29, 1.82) is 0 Å². The summed E-state index contributed by atoms with van der Waals surface area (Å²) in [5, 5.41) is 0.698. The number of hydrogen-bond acceptors (Lipinski definition) is 3. The topological polar surface area (TPSA) is 38.4 Å². The number of nitrogens with zero attached hydrogens (tertiary/aromatic N) is 1. The minimum absolute atomic E-state index is 0.154. The lowest BCUT2D eigenvalue weighted by Gasteiger charge is -2.29. The number of hydrogen-bond donors (Lipinski definition) is 1. The Morgan fingerprint density at radius 2 is 2.33 bits per heavy atom. The van der Waals surface area contributed by atoms with Crippen molar-refractivity contribution in [1.82, 2.24) is 0 Å². The highest BCUT2D eigenvalue weighted by atomic mass is 79.9. The molecule has 1 atom stereocenters. The van der Waals surface area contributed by atoms with Gasteiger partial charge in [-0.1, -0.05) is 39.8 Å². The smallest absolute Gasteiger partial charge is 0.154 e. The molecule has 1 aliphatic rings. The molecule has 0 radical (unpaired) electrons. The SMILES string of the molecule is CC1(c2cccc(Br)c2)CCSC(N)=N1. The van der Waals surface area contributed by atoms with E-state index in [1.54, 1.807) is 11.8 Å². The Labute approximate surface area is 102 Å². The molecule has 2 rings (SSSR count). The Morgan fingerprint density at radius 1 is 1.53 bits per heavy atom. The van der Waals surface area contributed by atoms with E-state index in [0.717, 1.165) is 16.6 Å². The lowest BCUT2D eigenvalue weighted by Crippen LogP contribution is -2.28. The zero-order valence-corrected chi connectivity index (χ0v) is 10.9. The predicted octanol–water partition coefficient (Wildman–Crippen LogP) is 3.12. The summed E-state index contributed by atoms with van der Waals surface area (Å²) in [7, 11) is 0. The summed E-state index contributed by atoms with van der Waals surface area (Å²) in [6, 6.07) is 8.29. The van der Waals surface area contributed by atoms with Gasteiger partial charge in [0, 0.05) is 10.2 Å². The van der Waals surface area contributed by atoms with E-state index < -0.39 is 0 Å². The van der Waals surface area contributed by atoms with Gasteiger partial charge in [0.2, 0.25) is 0 Å². The Morgan fingerprint density at radius 3 is 3.00 bits per heavy atom. The summed E-state index contributed by atoms with van der Waals surface area (Å²) in [6.45, 7) is 2.14. The Balaban J connectivity index is 2.41. The third-order valence-corrected chi connectivity index (χ3v) is 3.93. The van der Waals surface area contributed by atoms with Crippen molar-refractivity contribution in [2.24, 2.45) is 10.7 Å². The van der Waals surface area contributed by atoms with E-state index in [2.05, 4.69) is 40.0 Å². The molecule has 4 heteroatoms. The molecule has 2 N–H and O–H groups in total. The van der Waals surface area contributed by atoms with Gasteiger partial charge in [0.25, 0.3) is 0 Å². The second-order valence-electron chi connectivity index (χ2n) is 3.83. The van der Waals surface area contributed by atoms with E-state index in [1.165, 1.54) is 5.56 Å².